The topological polar surface area (TPSA) is 95.8 Å². The van der Waals surface area contributed by atoms with Gasteiger partial charge in [-0.25, -0.2) is 13.4 Å². The first-order chi connectivity index (χ1) is 16.0. The van der Waals surface area contributed by atoms with Gasteiger partial charge in [0.25, 0.3) is 0 Å². The number of benzene rings is 2. The van der Waals surface area contributed by atoms with Gasteiger partial charge in [-0.15, -0.1) is 11.3 Å². The minimum Gasteiger partial charge on any atom is -0.493 e. The average Bonchev–Trinajstić information content (AvgIpc) is 3.32. The Bertz CT molecular complexity index is 1280. The molecule has 10 heteroatoms. The highest BCUT2D eigenvalue weighted by atomic mass is 32.2. The number of nitriles is 1. The number of hydrogen-bond donors (Lipinski definition) is 0. The Hall–Kier alpha value is -3.13. The molecule has 0 radical (unpaired) electrons. The van der Waals surface area contributed by atoms with Crippen LogP contribution in [0.3, 0.4) is 0 Å². The Morgan fingerprint density at radius 3 is 2.48 bits per heavy atom. The van der Waals surface area contributed by atoms with Crippen molar-refractivity contribution in [3.05, 3.63) is 64.7 Å². The maximum atomic E-state index is 13.0. The molecule has 0 aliphatic carbocycles. The molecule has 172 valence electrons. The van der Waals surface area contributed by atoms with E-state index in [1.807, 2.05) is 29.6 Å². The molecule has 1 aliphatic rings. The van der Waals surface area contributed by atoms with Gasteiger partial charge in [-0.2, -0.15) is 9.57 Å². The predicted octanol–water partition coefficient (Wildman–Crippen LogP) is 3.13. The summed E-state index contributed by atoms with van der Waals surface area (Å²) >= 11 is 1.55. The lowest BCUT2D eigenvalue weighted by Gasteiger charge is -2.33. The minimum absolute atomic E-state index is 0.0624. The summed E-state index contributed by atoms with van der Waals surface area (Å²) in [6.07, 6.45) is 0.663. The number of piperazine rings is 1. The fraction of sp³-hybridized carbons (Fsp3) is 0.304. The first kappa shape index (κ1) is 23.0. The van der Waals surface area contributed by atoms with Crippen LogP contribution < -0.4 is 14.4 Å². The molecule has 2 heterocycles. The van der Waals surface area contributed by atoms with Crippen LogP contribution in [0.1, 0.15) is 16.8 Å². The van der Waals surface area contributed by atoms with Gasteiger partial charge in [0.15, 0.2) is 16.6 Å². The van der Waals surface area contributed by atoms with Gasteiger partial charge >= 0.3 is 0 Å². The number of aromatic nitrogens is 1. The van der Waals surface area contributed by atoms with Crippen LogP contribution in [0.25, 0.3) is 0 Å². The molecule has 0 atom stereocenters. The highest BCUT2D eigenvalue weighted by molar-refractivity contribution is 7.89. The van der Waals surface area contributed by atoms with Crippen LogP contribution in [0.2, 0.25) is 0 Å². The first-order valence-electron chi connectivity index (χ1n) is 10.4. The third-order valence-corrected chi connectivity index (χ3v) is 8.41. The molecule has 33 heavy (non-hydrogen) atoms. The van der Waals surface area contributed by atoms with Crippen LogP contribution in [0.15, 0.2) is 52.7 Å². The average molecular weight is 485 g/mol. The minimum atomic E-state index is -3.71. The highest BCUT2D eigenvalue weighted by Gasteiger charge is 2.31. The van der Waals surface area contributed by atoms with Gasteiger partial charge in [0.2, 0.25) is 10.0 Å². The van der Waals surface area contributed by atoms with Crippen molar-refractivity contribution in [1.82, 2.24) is 9.29 Å². The molecule has 1 aliphatic heterocycles. The van der Waals surface area contributed by atoms with Crippen molar-refractivity contribution in [2.75, 3.05) is 45.3 Å². The van der Waals surface area contributed by atoms with Gasteiger partial charge in [0.05, 0.1) is 30.4 Å². The summed E-state index contributed by atoms with van der Waals surface area (Å²) in [5.74, 6) is 1.37. The molecule has 8 nitrogen and oxygen atoms in total. The zero-order valence-corrected chi connectivity index (χ0v) is 20.0. The monoisotopic (exact) mass is 484 g/mol. The Morgan fingerprint density at radius 2 is 1.79 bits per heavy atom. The number of ether oxygens (including phenoxy) is 2. The third kappa shape index (κ3) is 4.80. The van der Waals surface area contributed by atoms with E-state index in [-0.39, 0.29) is 10.5 Å². The second kappa shape index (κ2) is 9.79. The van der Waals surface area contributed by atoms with E-state index in [0.717, 1.165) is 16.4 Å². The second-order valence-electron chi connectivity index (χ2n) is 7.49. The van der Waals surface area contributed by atoms with E-state index < -0.39 is 10.0 Å². The summed E-state index contributed by atoms with van der Waals surface area (Å²) in [5.41, 5.74) is 2.18. The zero-order valence-electron chi connectivity index (χ0n) is 18.4. The van der Waals surface area contributed by atoms with Crippen LogP contribution >= 0.6 is 11.3 Å². The Morgan fingerprint density at radius 1 is 1.06 bits per heavy atom. The van der Waals surface area contributed by atoms with Crippen molar-refractivity contribution >= 4 is 26.5 Å². The van der Waals surface area contributed by atoms with Crippen molar-refractivity contribution in [3.8, 4) is 17.6 Å². The Kier molecular flexibility index (Phi) is 6.83. The first-order valence-corrected chi connectivity index (χ1v) is 12.7. The fourth-order valence-corrected chi connectivity index (χ4v) is 6.21. The van der Waals surface area contributed by atoms with Gasteiger partial charge < -0.3 is 14.4 Å². The number of methoxy groups -OCH3 is 2. The third-order valence-electron chi connectivity index (χ3n) is 5.51. The Labute approximate surface area is 197 Å². The number of rotatable bonds is 7. The van der Waals surface area contributed by atoms with Gasteiger partial charge in [-0.1, -0.05) is 18.2 Å². The molecule has 0 unspecified atom stereocenters. The molecule has 0 spiro atoms. The molecule has 4 rings (SSSR count). The summed E-state index contributed by atoms with van der Waals surface area (Å²) in [6, 6.07) is 14.1. The van der Waals surface area contributed by atoms with Crippen molar-refractivity contribution in [2.45, 2.75) is 11.3 Å². The van der Waals surface area contributed by atoms with E-state index in [9.17, 15) is 13.7 Å². The second-order valence-corrected chi connectivity index (χ2v) is 10.2. The molecular weight excluding hydrogens is 460 g/mol. The van der Waals surface area contributed by atoms with Crippen molar-refractivity contribution in [1.29, 1.82) is 5.26 Å². The summed E-state index contributed by atoms with van der Waals surface area (Å²) in [7, 11) is -0.492. The van der Waals surface area contributed by atoms with Crippen molar-refractivity contribution in [3.63, 3.8) is 0 Å². The smallest absolute Gasteiger partial charge is 0.244 e. The number of anilines is 1. The quantitative estimate of drug-likeness (QED) is 0.508. The van der Waals surface area contributed by atoms with Gasteiger partial charge in [0.1, 0.15) is 6.07 Å². The maximum absolute atomic E-state index is 13.0. The van der Waals surface area contributed by atoms with E-state index in [2.05, 4.69) is 4.90 Å². The van der Waals surface area contributed by atoms with Gasteiger partial charge in [-0.05, 0) is 29.8 Å². The molecule has 1 fully saturated rings. The summed E-state index contributed by atoms with van der Waals surface area (Å²) < 4.78 is 38.2. The molecule has 0 bridgehead atoms. The molecule has 0 saturated carbocycles. The SMILES string of the molecule is COc1ccc(Cc2csc(N3CCN(S(=O)(=O)c4ccccc4C#N)CC3)n2)cc1OC. The maximum Gasteiger partial charge on any atom is 0.244 e. The van der Waals surface area contributed by atoms with Crippen LogP contribution in [-0.4, -0.2) is 58.1 Å². The molecule has 2 aromatic carbocycles. The van der Waals surface area contributed by atoms with Crippen LogP contribution in [0.5, 0.6) is 11.5 Å². The van der Waals surface area contributed by atoms with E-state index in [4.69, 9.17) is 14.5 Å². The predicted molar refractivity (Wildman–Crippen MR) is 127 cm³/mol. The van der Waals surface area contributed by atoms with Crippen LogP contribution in [0, 0.1) is 11.3 Å². The van der Waals surface area contributed by atoms with E-state index in [1.54, 1.807) is 37.7 Å². The van der Waals surface area contributed by atoms with Crippen molar-refractivity contribution in [2.24, 2.45) is 0 Å². The molecule has 1 saturated heterocycles. The standard InChI is InChI=1S/C23H24N4O4S2/c1-30-20-8-7-17(14-21(20)31-2)13-19-16-32-23(25-19)26-9-11-27(12-10-26)33(28,29)22-6-4-3-5-18(22)15-24/h3-8,14,16H,9-13H2,1-2H3. The summed E-state index contributed by atoms with van der Waals surface area (Å²) in [4.78, 5) is 6.93. The lowest BCUT2D eigenvalue weighted by molar-refractivity contribution is 0.354. The van der Waals surface area contributed by atoms with E-state index >= 15 is 0 Å². The molecule has 3 aromatic rings. The normalized spacial score (nSPS) is 14.6. The van der Waals surface area contributed by atoms with E-state index in [0.29, 0.717) is 44.1 Å². The number of sulfonamides is 1. The summed E-state index contributed by atoms with van der Waals surface area (Å²) in [6.45, 7) is 1.76. The van der Waals surface area contributed by atoms with E-state index in [1.165, 1.54) is 16.4 Å². The van der Waals surface area contributed by atoms with Crippen molar-refractivity contribution < 1.29 is 17.9 Å². The lowest BCUT2D eigenvalue weighted by Crippen LogP contribution is -2.48. The summed E-state index contributed by atoms with van der Waals surface area (Å²) in [5, 5.41) is 12.2. The molecular formula is C23H24N4O4S2. The number of nitrogens with zero attached hydrogens (tertiary/aromatic N) is 4. The highest BCUT2D eigenvalue weighted by Crippen LogP contribution is 2.30. The largest absolute Gasteiger partial charge is 0.493 e. The van der Waals surface area contributed by atoms with Crippen LogP contribution in [0.4, 0.5) is 5.13 Å². The molecule has 0 N–H and O–H groups in total. The molecule has 0 amide bonds. The van der Waals surface area contributed by atoms with Crippen LogP contribution in [-0.2, 0) is 16.4 Å². The number of thiazole rings is 1. The fourth-order valence-electron chi connectivity index (χ4n) is 3.77. The zero-order chi connectivity index (χ0) is 23.4. The Balaban J connectivity index is 1.42. The van der Waals surface area contributed by atoms with Gasteiger partial charge in [0, 0.05) is 38.0 Å². The molecule has 1 aromatic heterocycles. The van der Waals surface area contributed by atoms with Gasteiger partial charge in [-0.3, -0.25) is 0 Å². The lowest BCUT2D eigenvalue weighted by atomic mass is 10.1. The number of hydrogen-bond acceptors (Lipinski definition) is 8.